The second kappa shape index (κ2) is 13.1. The zero-order valence-electron chi connectivity index (χ0n) is 23.7. The molecular weight excluding hydrogens is 587 g/mol. The smallest absolute Gasteiger partial charge is 0.272 e. The first-order valence-corrected chi connectivity index (χ1v) is 15.7. The predicted octanol–water partition coefficient (Wildman–Crippen LogP) is 6.09. The van der Waals surface area contributed by atoms with Crippen molar-refractivity contribution in [3.05, 3.63) is 108 Å². The molecular formula is C32H29N3O6S2. The van der Waals surface area contributed by atoms with E-state index in [0.717, 1.165) is 10.3 Å². The van der Waals surface area contributed by atoms with E-state index in [-0.39, 0.29) is 16.2 Å². The van der Waals surface area contributed by atoms with Crippen LogP contribution in [0, 0.1) is 0 Å². The van der Waals surface area contributed by atoms with E-state index in [1.165, 1.54) is 24.5 Å². The number of sulfone groups is 1. The van der Waals surface area contributed by atoms with Crippen LogP contribution in [0.3, 0.4) is 0 Å². The fourth-order valence-corrected chi connectivity index (χ4v) is 6.99. The first-order chi connectivity index (χ1) is 20.8. The van der Waals surface area contributed by atoms with Crippen molar-refractivity contribution < 1.29 is 27.4 Å². The van der Waals surface area contributed by atoms with Gasteiger partial charge in [-0.25, -0.2) is 13.4 Å². The molecule has 11 heteroatoms. The van der Waals surface area contributed by atoms with Crippen LogP contribution < -0.4 is 19.5 Å². The van der Waals surface area contributed by atoms with E-state index < -0.39 is 21.8 Å². The summed E-state index contributed by atoms with van der Waals surface area (Å²) in [4.78, 5) is 22.5. The molecule has 0 aliphatic rings. The third-order valence-electron chi connectivity index (χ3n) is 6.51. The summed E-state index contributed by atoms with van der Waals surface area (Å²) in [7, 11) is 0.892. The lowest BCUT2D eigenvalue weighted by Gasteiger charge is -2.21. The van der Waals surface area contributed by atoms with Gasteiger partial charge < -0.3 is 14.2 Å². The standard InChI is InChI=1S/C32H29N3O6S2/c1-33-19-21-13-15-23(16-14-21)41-30(24-11-7-8-12-29(24)43(37,38)20-22-9-5-4-6-10-22)31(36)35-32-34-25-17-26(39-2)27(40-3)18-28(25)42-32/h4-19,30H,20H2,1-3H3,(H,34,35,36). The van der Waals surface area contributed by atoms with Crippen LogP contribution in [-0.4, -0.2) is 46.8 Å². The van der Waals surface area contributed by atoms with Gasteiger partial charge in [0, 0.05) is 31.0 Å². The van der Waals surface area contributed by atoms with E-state index in [0.29, 0.717) is 33.5 Å². The van der Waals surface area contributed by atoms with E-state index in [4.69, 9.17) is 14.2 Å². The van der Waals surface area contributed by atoms with Gasteiger partial charge in [-0.15, -0.1) is 0 Å². The Balaban J connectivity index is 1.53. The van der Waals surface area contributed by atoms with E-state index in [1.807, 2.05) is 6.07 Å². The van der Waals surface area contributed by atoms with E-state index in [9.17, 15) is 13.2 Å². The number of carbonyl (C=O) groups is 1. The number of nitrogens with one attached hydrogen (secondary N) is 1. The van der Waals surface area contributed by atoms with Crippen molar-refractivity contribution in [3.63, 3.8) is 0 Å². The molecule has 0 fully saturated rings. The van der Waals surface area contributed by atoms with Gasteiger partial charge in [-0.2, -0.15) is 0 Å². The molecule has 0 aliphatic carbocycles. The van der Waals surface area contributed by atoms with Crippen LogP contribution in [0.1, 0.15) is 22.8 Å². The van der Waals surface area contributed by atoms with E-state index in [1.54, 1.807) is 99.2 Å². The summed E-state index contributed by atoms with van der Waals surface area (Å²) in [5.41, 5.74) is 2.30. The maximum Gasteiger partial charge on any atom is 0.272 e. The van der Waals surface area contributed by atoms with Gasteiger partial charge in [0.1, 0.15) is 5.75 Å². The van der Waals surface area contributed by atoms with Gasteiger partial charge in [0.2, 0.25) is 6.10 Å². The van der Waals surface area contributed by atoms with Crippen molar-refractivity contribution in [2.45, 2.75) is 16.8 Å². The Bertz CT molecular complexity index is 1830. The molecule has 0 bridgehead atoms. The van der Waals surface area contributed by atoms with Gasteiger partial charge in [0.15, 0.2) is 26.5 Å². The summed E-state index contributed by atoms with van der Waals surface area (Å²) in [6.07, 6.45) is 0.375. The summed E-state index contributed by atoms with van der Waals surface area (Å²) in [5, 5.41) is 3.14. The molecule has 1 atom stereocenters. The van der Waals surface area contributed by atoms with Crippen molar-refractivity contribution >= 4 is 48.6 Å². The number of hydrogen-bond donors (Lipinski definition) is 1. The van der Waals surface area contributed by atoms with Crippen molar-refractivity contribution in [3.8, 4) is 17.2 Å². The lowest BCUT2D eigenvalue weighted by Crippen LogP contribution is -2.27. The highest BCUT2D eigenvalue weighted by Gasteiger charge is 2.31. The Morgan fingerprint density at radius 1 is 0.953 bits per heavy atom. The third kappa shape index (κ3) is 6.85. The Morgan fingerprint density at radius 3 is 2.33 bits per heavy atom. The van der Waals surface area contributed by atoms with Gasteiger partial charge in [-0.3, -0.25) is 15.1 Å². The number of carbonyl (C=O) groups excluding carboxylic acids is 1. The molecule has 1 unspecified atom stereocenters. The highest BCUT2D eigenvalue weighted by Crippen LogP contribution is 2.37. The maximum absolute atomic E-state index is 13.9. The fourth-order valence-electron chi connectivity index (χ4n) is 4.51. The number of hydrogen-bond acceptors (Lipinski definition) is 9. The topological polar surface area (TPSA) is 116 Å². The van der Waals surface area contributed by atoms with Gasteiger partial charge in [0.25, 0.3) is 5.91 Å². The highest BCUT2D eigenvalue weighted by atomic mass is 32.2. The van der Waals surface area contributed by atoms with Crippen LogP contribution in [0.4, 0.5) is 5.13 Å². The number of rotatable bonds is 11. The first-order valence-electron chi connectivity index (χ1n) is 13.2. The Hall–Kier alpha value is -4.74. The van der Waals surface area contributed by atoms with Crippen molar-refractivity contribution in [2.24, 2.45) is 4.99 Å². The Labute approximate surface area is 253 Å². The number of ether oxygens (including phenoxy) is 3. The monoisotopic (exact) mass is 615 g/mol. The third-order valence-corrected chi connectivity index (χ3v) is 9.20. The van der Waals surface area contributed by atoms with Crippen molar-refractivity contribution in [2.75, 3.05) is 26.6 Å². The minimum Gasteiger partial charge on any atom is -0.493 e. The molecule has 0 spiro atoms. The number of aromatic nitrogens is 1. The van der Waals surface area contributed by atoms with Crippen LogP contribution in [-0.2, 0) is 20.4 Å². The second-order valence-corrected chi connectivity index (χ2v) is 12.4. The molecule has 1 heterocycles. The van der Waals surface area contributed by atoms with Crippen LogP contribution in [0.15, 0.2) is 101 Å². The normalized spacial score (nSPS) is 12.3. The number of benzene rings is 4. The zero-order chi connectivity index (χ0) is 30.4. The largest absolute Gasteiger partial charge is 0.493 e. The number of aliphatic imine (C=N–C) groups is 1. The average Bonchev–Trinajstić information content (AvgIpc) is 3.41. The minimum atomic E-state index is -3.86. The lowest BCUT2D eigenvalue weighted by molar-refractivity contribution is -0.123. The van der Waals surface area contributed by atoms with Gasteiger partial charge >= 0.3 is 0 Å². The Kier molecular flexibility index (Phi) is 9.03. The molecule has 1 aromatic heterocycles. The van der Waals surface area contributed by atoms with Gasteiger partial charge in [-0.05, 0) is 41.5 Å². The number of methoxy groups -OCH3 is 2. The SMILES string of the molecule is CN=Cc1ccc(OC(C(=O)Nc2nc3cc(OC)c(OC)cc3s2)c2ccccc2S(=O)(=O)Cc2ccccc2)cc1. The molecule has 5 aromatic rings. The molecule has 0 aliphatic heterocycles. The number of nitrogens with zero attached hydrogens (tertiary/aromatic N) is 2. The minimum absolute atomic E-state index is 0.00696. The number of amides is 1. The molecule has 5 rings (SSSR count). The van der Waals surface area contributed by atoms with Crippen LogP contribution >= 0.6 is 11.3 Å². The molecule has 0 saturated carbocycles. The second-order valence-electron chi connectivity index (χ2n) is 9.42. The summed E-state index contributed by atoms with van der Waals surface area (Å²) < 4.78 is 45.1. The van der Waals surface area contributed by atoms with E-state index >= 15 is 0 Å². The van der Waals surface area contributed by atoms with Gasteiger partial charge in [0.05, 0.1) is 35.1 Å². The maximum atomic E-state index is 13.9. The Morgan fingerprint density at radius 2 is 1.63 bits per heavy atom. The summed E-state index contributed by atoms with van der Waals surface area (Å²) in [5.74, 6) is 0.605. The number of anilines is 1. The molecule has 0 radical (unpaired) electrons. The summed E-state index contributed by atoms with van der Waals surface area (Å²) >= 11 is 1.25. The van der Waals surface area contributed by atoms with Crippen molar-refractivity contribution in [1.82, 2.24) is 4.98 Å². The molecule has 4 aromatic carbocycles. The van der Waals surface area contributed by atoms with Crippen LogP contribution in [0.2, 0.25) is 0 Å². The van der Waals surface area contributed by atoms with Crippen LogP contribution in [0.25, 0.3) is 10.2 Å². The first kappa shape index (κ1) is 29.7. The molecule has 43 heavy (non-hydrogen) atoms. The fraction of sp³-hybridized carbons (Fsp3) is 0.156. The molecule has 220 valence electrons. The molecule has 1 N–H and O–H groups in total. The lowest BCUT2D eigenvalue weighted by atomic mass is 10.1. The quantitative estimate of drug-likeness (QED) is 0.179. The van der Waals surface area contributed by atoms with E-state index in [2.05, 4.69) is 15.3 Å². The molecule has 9 nitrogen and oxygen atoms in total. The predicted molar refractivity (Wildman–Crippen MR) is 168 cm³/mol. The molecule has 0 saturated heterocycles. The highest BCUT2D eigenvalue weighted by molar-refractivity contribution is 7.90. The summed E-state index contributed by atoms with van der Waals surface area (Å²) in [6, 6.07) is 25.8. The number of fused-ring (bicyclic) bond motifs is 1. The molecule has 1 amide bonds. The summed E-state index contributed by atoms with van der Waals surface area (Å²) in [6.45, 7) is 0. The zero-order valence-corrected chi connectivity index (χ0v) is 25.3. The average molecular weight is 616 g/mol. The van der Waals surface area contributed by atoms with Crippen LogP contribution in [0.5, 0.6) is 17.2 Å². The van der Waals surface area contributed by atoms with Gasteiger partial charge in [-0.1, -0.05) is 59.9 Å². The number of thiazole rings is 1. The van der Waals surface area contributed by atoms with Crippen molar-refractivity contribution in [1.29, 1.82) is 0 Å².